The Morgan fingerprint density at radius 3 is 1.62 bits per heavy atom. The van der Waals surface area contributed by atoms with E-state index in [-0.39, 0.29) is 24.9 Å². The Labute approximate surface area is 217 Å². The molecule has 14 nitrogen and oxygen atoms in total. The Hall–Kier alpha value is -2.09. The van der Waals surface area contributed by atoms with E-state index in [2.05, 4.69) is 10.6 Å². The van der Waals surface area contributed by atoms with Crippen LogP contribution in [-0.2, 0) is 51.7 Å². The first-order valence-corrected chi connectivity index (χ1v) is 13.4. The fourth-order valence-corrected chi connectivity index (χ4v) is 3.28. The molecule has 0 radical (unpaired) electrons. The molecule has 0 bridgehead atoms. The molecule has 0 saturated heterocycles. The van der Waals surface area contributed by atoms with Crippen molar-refractivity contribution in [2.24, 2.45) is 0 Å². The highest BCUT2D eigenvalue weighted by atomic mass is 31.2. The molecule has 0 heterocycles. The zero-order chi connectivity index (χ0) is 28.4. The van der Waals surface area contributed by atoms with Gasteiger partial charge in [0.15, 0.2) is 12.2 Å². The number of phosphoric acid groups is 1. The van der Waals surface area contributed by atoms with Crippen LogP contribution in [0.3, 0.4) is 0 Å². The van der Waals surface area contributed by atoms with E-state index in [1.807, 2.05) is 27.7 Å². The summed E-state index contributed by atoms with van der Waals surface area (Å²) in [7, 11) is -4.73. The van der Waals surface area contributed by atoms with Crippen molar-refractivity contribution in [3.8, 4) is 0 Å². The van der Waals surface area contributed by atoms with Crippen molar-refractivity contribution >= 4 is 31.7 Å². The lowest BCUT2D eigenvalue weighted by molar-refractivity contribution is -0.161. The van der Waals surface area contributed by atoms with Crippen molar-refractivity contribution < 1.29 is 56.6 Å². The number of hydrogen-bond acceptors (Lipinski definition) is 13. The van der Waals surface area contributed by atoms with Gasteiger partial charge in [-0.25, -0.2) is 4.57 Å². The summed E-state index contributed by atoms with van der Waals surface area (Å²) < 4.78 is 42.0. The van der Waals surface area contributed by atoms with Crippen LogP contribution in [0.1, 0.15) is 54.4 Å². The van der Waals surface area contributed by atoms with Gasteiger partial charge in [-0.1, -0.05) is 27.7 Å². The normalized spacial score (nSPS) is 14.5. The molecule has 15 heteroatoms. The van der Waals surface area contributed by atoms with Crippen LogP contribution in [0, 0.1) is 0 Å². The largest absolute Gasteiger partial charge is 0.472 e. The Balaban J connectivity index is 4.96. The maximum atomic E-state index is 12.3. The topological polar surface area (TPSA) is 185 Å². The van der Waals surface area contributed by atoms with Gasteiger partial charge in [-0.15, -0.1) is 0 Å². The molecule has 2 unspecified atom stereocenters. The van der Waals surface area contributed by atoms with E-state index in [0.717, 1.165) is 13.8 Å². The molecule has 3 atom stereocenters. The van der Waals surface area contributed by atoms with Crippen LogP contribution < -0.4 is 10.6 Å². The van der Waals surface area contributed by atoms with Gasteiger partial charge in [0, 0.05) is 39.0 Å². The predicted molar refractivity (Wildman–Crippen MR) is 130 cm³/mol. The zero-order valence-corrected chi connectivity index (χ0v) is 23.2. The van der Waals surface area contributed by atoms with Crippen molar-refractivity contribution in [2.75, 3.05) is 39.5 Å². The van der Waals surface area contributed by atoms with Crippen LogP contribution in [0.4, 0.5) is 0 Å². The van der Waals surface area contributed by atoms with Crippen molar-refractivity contribution in [2.45, 2.75) is 78.7 Å². The second-order valence-corrected chi connectivity index (χ2v) is 10.1. The fourth-order valence-electron chi connectivity index (χ4n) is 2.50. The number of nitrogens with one attached hydrogen (secondary N) is 2. The van der Waals surface area contributed by atoms with Crippen LogP contribution in [0.5, 0.6) is 0 Å². The third-order valence-electron chi connectivity index (χ3n) is 4.14. The number of phosphoric ester groups is 1. The second kappa shape index (κ2) is 19.0. The van der Waals surface area contributed by atoms with E-state index in [9.17, 15) is 28.6 Å². The number of carbonyl (C=O) groups is 4. The van der Waals surface area contributed by atoms with Gasteiger partial charge < -0.3 is 34.5 Å². The molecule has 0 aromatic carbocycles. The van der Waals surface area contributed by atoms with Crippen LogP contribution >= 0.6 is 7.82 Å². The van der Waals surface area contributed by atoms with Crippen LogP contribution in [0.25, 0.3) is 0 Å². The minimum absolute atomic E-state index is 0.00837. The Morgan fingerprint density at radius 1 is 0.703 bits per heavy atom. The second-order valence-electron chi connectivity index (χ2n) is 8.61. The Morgan fingerprint density at radius 2 is 1.16 bits per heavy atom. The van der Waals surface area contributed by atoms with E-state index in [0.29, 0.717) is 13.1 Å². The Kier molecular flexibility index (Phi) is 18.0. The SMILES string of the molecule is CC(=O)OC[C@H](COP(=O)(O)OCC(COC(=O)CCNC(C)C)OC(=O)CCNC(C)C)OC(C)=O. The molecule has 0 saturated carbocycles. The first-order valence-electron chi connectivity index (χ1n) is 11.9. The molecule has 0 rings (SSSR count). The molecule has 0 fully saturated rings. The lowest BCUT2D eigenvalue weighted by Crippen LogP contribution is -2.32. The van der Waals surface area contributed by atoms with Gasteiger partial charge in [0.1, 0.15) is 13.2 Å². The lowest BCUT2D eigenvalue weighted by atomic mass is 10.3. The van der Waals surface area contributed by atoms with Crippen molar-refractivity contribution in [1.82, 2.24) is 10.6 Å². The van der Waals surface area contributed by atoms with E-state index in [4.69, 9.17) is 28.0 Å². The molecule has 0 aliphatic rings. The van der Waals surface area contributed by atoms with E-state index in [1.54, 1.807) is 0 Å². The molecular weight excluding hydrogens is 515 g/mol. The molecule has 0 aliphatic heterocycles. The summed E-state index contributed by atoms with van der Waals surface area (Å²) in [6, 6.07) is 0.337. The molecule has 0 spiro atoms. The average molecular weight is 557 g/mol. The number of hydrogen-bond donors (Lipinski definition) is 3. The van der Waals surface area contributed by atoms with Crippen molar-refractivity contribution in [3.05, 3.63) is 0 Å². The van der Waals surface area contributed by atoms with E-state index in [1.165, 1.54) is 0 Å². The number of carbonyl (C=O) groups excluding carboxylic acids is 4. The fraction of sp³-hybridized carbons (Fsp3) is 0.818. The zero-order valence-electron chi connectivity index (χ0n) is 22.4. The van der Waals surface area contributed by atoms with Crippen LogP contribution in [0.15, 0.2) is 0 Å². The number of rotatable bonds is 20. The first-order chi connectivity index (χ1) is 17.2. The molecule has 0 aliphatic carbocycles. The van der Waals surface area contributed by atoms with Crippen LogP contribution in [-0.4, -0.2) is 92.6 Å². The van der Waals surface area contributed by atoms with Gasteiger partial charge in [0.25, 0.3) is 0 Å². The third-order valence-corrected chi connectivity index (χ3v) is 5.09. The maximum absolute atomic E-state index is 12.3. The summed E-state index contributed by atoms with van der Waals surface area (Å²) in [5.41, 5.74) is 0. The molecule has 3 N–H and O–H groups in total. The van der Waals surface area contributed by atoms with Gasteiger partial charge in [-0.3, -0.25) is 28.2 Å². The summed E-state index contributed by atoms with van der Waals surface area (Å²) in [6.07, 6.45) is -2.27. The monoisotopic (exact) mass is 556 g/mol. The summed E-state index contributed by atoms with van der Waals surface area (Å²) in [6.45, 7) is 8.57. The highest BCUT2D eigenvalue weighted by Crippen LogP contribution is 2.43. The predicted octanol–water partition coefficient (Wildman–Crippen LogP) is 0.846. The van der Waals surface area contributed by atoms with Gasteiger partial charge >= 0.3 is 31.7 Å². The smallest absolute Gasteiger partial charge is 0.462 e. The standard InChI is InChI=1S/C22H41N2O12P/c1-15(2)23-9-7-21(27)32-12-20(36-22(28)8-10-24-16(3)4)14-34-37(29,30)33-13-19(35-18(6)26)11-31-17(5)25/h15-16,19-20,23-24H,7-14H2,1-6H3,(H,29,30)/t19-,20?/m1/s1. The molecular formula is C22H41N2O12P. The lowest BCUT2D eigenvalue weighted by Gasteiger charge is -2.21. The van der Waals surface area contributed by atoms with Crippen LogP contribution in [0.2, 0.25) is 0 Å². The van der Waals surface area contributed by atoms with E-state index < -0.39 is 70.3 Å². The molecule has 37 heavy (non-hydrogen) atoms. The third kappa shape index (κ3) is 21.7. The average Bonchev–Trinajstić information content (AvgIpc) is 2.76. The quantitative estimate of drug-likeness (QED) is 0.109. The maximum Gasteiger partial charge on any atom is 0.472 e. The molecule has 216 valence electrons. The summed E-state index contributed by atoms with van der Waals surface area (Å²) in [5.74, 6) is -2.57. The molecule has 0 aromatic heterocycles. The summed E-state index contributed by atoms with van der Waals surface area (Å²) in [4.78, 5) is 56.3. The molecule has 0 amide bonds. The van der Waals surface area contributed by atoms with Gasteiger partial charge in [0.2, 0.25) is 0 Å². The summed E-state index contributed by atoms with van der Waals surface area (Å²) >= 11 is 0. The highest BCUT2D eigenvalue weighted by Gasteiger charge is 2.28. The van der Waals surface area contributed by atoms with Gasteiger partial charge in [-0.2, -0.15) is 0 Å². The van der Waals surface area contributed by atoms with Crippen molar-refractivity contribution in [3.63, 3.8) is 0 Å². The number of ether oxygens (including phenoxy) is 4. The molecule has 0 aromatic rings. The van der Waals surface area contributed by atoms with Gasteiger partial charge in [-0.05, 0) is 0 Å². The first kappa shape index (κ1) is 34.9. The Bertz CT molecular complexity index is 762. The van der Waals surface area contributed by atoms with E-state index >= 15 is 0 Å². The van der Waals surface area contributed by atoms with Crippen molar-refractivity contribution in [1.29, 1.82) is 0 Å². The summed E-state index contributed by atoms with van der Waals surface area (Å²) in [5, 5.41) is 6.11. The number of esters is 4. The highest BCUT2D eigenvalue weighted by molar-refractivity contribution is 7.47. The van der Waals surface area contributed by atoms with Gasteiger partial charge in [0.05, 0.1) is 26.1 Å². The minimum atomic E-state index is -4.73. The minimum Gasteiger partial charge on any atom is -0.462 e.